The highest BCUT2D eigenvalue weighted by Gasteiger charge is 2.19. The normalized spacial score (nSPS) is 11.3. The number of nitrogens with one attached hydrogen (secondary N) is 1. The average molecular weight is 287 g/mol. The monoisotopic (exact) mass is 287 g/mol. The van der Waals surface area contributed by atoms with Crippen LogP contribution < -0.4 is 9.46 Å². The van der Waals surface area contributed by atoms with E-state index in [9.17, 15) is 12.8 Å². The molecule has 0 bridgehead atoms. The Balaban J connectivity index is 2.35. The molecule has 0 amide bonds. The number of hydrogen-bond acceptors (Lipinski definition) is 6. The highest BCUT2D eigenvalue weighted by atomic mass is 32.2. The van der Waals surface area contributed by atoms with E-state index in [1.54, 1.807) is 0 Å². The van der Waals surface area contributed by atoms with E-state index in [0.717, 1.165) is 6.07 Å². The molecule has 7 nitrogen and oxygen atoms in total. The maximum absolute atomic E-state index is 13.5. The van der Waals surface area contributed by atoms with E-state index in [0.29, 0.717) is 0 Å². The Morgan fingerprint density at radius 2 is 2.11 bits per heavy atom. The predicted octanol–water partition coefficient (Wildman–Crippen LogP) is 1.33. The van der Waals surface area contributed by atoms with Crippen LogP contribution in [0, 0.1) is 12.7 Å². The molecule has 0 unspecified atom stereocenters. The first-order valence-corrected chi connectivity index (χ1v) is 6.58. The van der Waals surface area contributed by atoms with Gasteiger partial charge in [0.05, 0.1) is 12.0 Å². The van der Waals surface area contributed by atoms with Crippen LogP contribution in [0.25, 0.3) is 0 Å². The number of sulfonamides is 1. The number of hydrogen-bond donors (Lipinski definition) is 1. The van der Waals surface area contributed by atoms with E-state index >= 15 is 0 Å². The van der Waals surface area contributed by atoms with Crippen LogP contribution in [0.3, 0.4) is 0 Å². The second kappa shape index (κ2) is 4.84. The van der Waals surface area contributed by atoms with Crippen molar-refractivity contribution in [3.8, 4) is 5.75 Å². The molecule has 0 atom stereocenters. The van der Waals surface area contributed by atoms with Crippen LogP contribution >= 0.6 is 0 Å². The van der Waals surface area contributed by atoms with Crippen molar-refractivity contribution in [2.75, 3.05) is 11.8 Å². The van der Waals surface area contributed by atoms with Gasteiger partial charge in [0, 0.05) is 0 Å². The molecule has 0 saturated heterocycles. The average Bonchev–Trinajstić information content (AvgIpc) is 2.74. The first-order chi connectivity index (χ1) is 8.94. The molecule has 0 aliphatic carbocycles. The van der Waals surface area contributed by atoms with Crippen molar-refractivity contribution in [1.82, 2.24) is 10.3 Å². The molecule has 1 aromatic heterocycles. The van der Waals surface area contributed by atoms with Crippen molar-refractivity contribution in [3.05, 3.63) is 29.7 Å². The Bertz CT molecular complexity index is 699. The molecule has 0 aliphatic rings. The van der Waals surface area contributed by atoms with Gasteiger partial charge in [-0.3, -0.25) is 4.72 Å². The second-order valence-corrected chi connectivity index (χ2v) is 5.28. The third-order valence-corrected chi connectivity index (χ3v) is 3.65. The van der Waals surface area contributed by atoms with E-state index in [1.807, 2.05) is 0 Å². The molecule has 1 N–H and O–H groups in total. The number of rotatable bonds is 4. The van der Waals surface area contributed by atoms with Crippen molar-refractivity contribution in [2.24, 2.45) is 0 Å². The van der Waals surface area contributed by atoms with Crippen molar-refractivity contribution < 1.29 is 22.2 Å². The van der Waals surface area contributed by atoms with Gasteiger partial charge in [0.2, 0.25) is 5.82 Å². The lowest BCUT2D eigenvalue weighted by molar-refractivity contribution is 0.306. The summed E-state index contributed by atoms with van der Waals surface area (Å²) >= 11 is 0. The van der Waals surface area contributed by atoms with Crippen molar-refractivity contribution in [3.63, 3.8) is 0 Å². The lowest BCUT2D eigenvalue weighted by atomic mass is 10.3. The summed E-state index contributed by atoms with van der Waals surface area (Å²) in [5, 5.41) is 6.82. The zero-order chi connectivity index (χ0) is 14.0. The summed E-state index contributed by atoms with van der Waals surface area (Å²) in [6, 6.07) is 3.29. The summed E-state index contributed by atoms with van der Waals surface area (Å²) < 4.78 is 48.6. The van der Waals surface area contributed by atoms with Crippen LogP contribution in [-0.2, 0) is 10.0 Å². The number of halogens is 1. The van der Waals surface area contributed by atoms with Gasteiger partial charge >= 0.3 is 0 Å². The van der Waals surface area contributed by atoms with Gasteiger partial charge in [0.1, 0.15) is 5.69 Å². The van der Waals surface area contributed by atoms with E-state index in [-0.39, 0.29) is 22.2 Å². The SMILES string of the molecule is COc1ccc(S(=O)(=O)Nc2nonc2C)cc1F. The number of nitrogens with zero attached hydrogens (tertiary/aromatic N) is 2. The molecule has 1 aromatic carbocycles. The molecule has 102 valence electrons. The van der Waals surface area contributed by atoms with E-state index in [4.69, 9.17) is 4.74 Å². The molecule has 1 heterocycles. The summed E-state index contributed by atoms with van der Waals surface area (Å²) in [6.07, 6.45) is 0. The molecule has 19 heavy (non-hydrogen) atoms. The second-order valence-electron chi connectivity index (χ2n) is 3.60. The van der Waals surface area contributed by atoms with Crippen LogP contribution in [0.5, 0.6) is 5.75 Å². The van der Waals surface area contributed by atoms with Crippen LogP contribution in [-0.4, -0.2) is 25.8 Å². The quantitative estimate of drug-likeness (QED) is 0.911. The van der Waals surface area contributed by atoms with Crippen molar-refractivity contribution in [1.29, 1.82) is 0 Å². The fraction of sp³-hybridized carbons (Fsp3) is 0.200. The van der Waals surface area contributed by atoms with Crippen LogP contribution in [0.1, 0.15) is 5.69 Å². The zero-order valence-corrected chi connectivity index (χ0v) is 10.9. The summed E-state index contributed by atoms with van der Waals surface area (Å²) in [5.74, 6) is -0.866. The Morgan fingerprint density at radius 1 is 1.37 bits per heavy atom. The third kappa shape index (κ3) is 2.65. The molecule has 0 radical (unpaired) electrons. The minimum atomic E-state index is -3.96. The summed E-state index contributed by atoms with van der Waals surface area (Å²) in [7, 11) is -2.67. The van der Waals surface area contributed by atoms with Gasteiger partial charge in [-0.15, -0.1) is 0 Å². The highest BCUT2D eigenvalue weighted by Crippen LogP contribution is 2.22. The standard InChI is InChI=1S/C10H10FN3O4S/c1-6-10(13-18-12-6)14-19(15,16)7-3-4-9(17-2)8(11)5-7/h3-5H,1-2H3,(H,13,14). The largest absolute Gasteiger partial charge is 0.494 e. The number of methoxy groups -OCH3 is 1. The fourth-order valence-electron chi connectivity index (χ4n) is 1.32. The maximum Gasteiger partial charge on any atom is 0.263 e. The molecular weight excluding hydrogens is 277 g/mol. The minimum Gasteiger partial charge on any atom is -0.494 e. The van der Waals surface area contributed by atoms with Crippen molar-refractivity contribution in [2.45, 2.75) is 11.8 Å². The smallest absolute Gasteiger partial charge is 0.263 e. The third-order valence-electron chi connectivity index (χ3n) is 2.32. The van der Waals surface area contributed by atoms with Crippen LogP contribution in [0.2, 0.25) is 0 Å². The lowest BCUT2D eigenvalue weighted by Gasteiger charge is -2.07. The molecule has 2 aromatic rings. The predicted molar refractivity (Wildman–Crippen MR) is 62.8 cm³/mol. The van der Waals surface area contributed by atoms with Crippen molar-refractivity contribution >= 4 is 15.8 Å². The zero-order valence-electron chi connectivity index (χ0n) is 10.0. The molecule has 2 rings (SSSR count). The van der Waals surface area contributed by atoms with Gasteiger partial charge in [0.15, 0.2) is 11.6 Å². The first-order valence-electron chi connectivity index (χ1n) is 5.09. The maximum atomic E-state index is 13.5. The van der Waals surface area contributed by atoms with Gasteiger partial charge in [-0.05, 0) is 30.3 Å². The summed E-state index contributed by atoms with van der Waals surface area (Å²) in [4.78, 5) is -0.256. The Hall–Kier alpha value is -2.16. The Kier molecular flexibility index (Phi) is 3.38. The Morgan fingerprint density at radius 3 is 2.63 bits per heavy atom. The van der Waals surface area contributed by atoms with E-state index in [2.05, 4.69) is 19.7 Å². The molecule has 0 fully saturated rings. The number of anilines is 1. The van der Waals surface area contributed by atoms with E-state index in [1.165, 1.54) is 26.2 Å². The summed E-state index contributed by atoms with van der Waals surface area (Å²) in [6.45, 7) is 1.52. The number of aromatic nitrogens is 2. The molecule has 9 heteroatoms. The fourth-order valence-corrected chi connectivity index (χ4v) is 2.39. The van der Waals surface area contributed by atoms with Gasteiger partial charge in [0.25, 0.3) is 10.0 Å². The topological polar surface area (TPSA) is 94.3 Å². The number of ether oxygens (including phenoxy) is 1. The first kappa shape index (κ1) is 13.3. The van der Waals surface area contributed by atoms with Gasteiger partial charge < -0.3 is 4.74 Å². The summed E-state index contributed by atoms with van der Waals surface area (Å²) in [5.41, 5.74) is 0.276. The molecule has 0 spiro atoms. The van der Waals surface area contributed by atoms with Crippen LogP contribution in [0.15, 0.2) is 27.7 Å². The highest BCUT2D eigenvalue weighted by molar-refractivity contribution is 7.92. The molecule has 0 saturated carbocycles. The Labute approximate surface area is 108 Å². The number of aryl methyl sites for hydroxylation is 1. The minimum absolute atomic E-state index is 0.0433. The van der Waals surface area contributed by atoms with Gasteiger partial charge in [-0.1, -0.05) is 5.16 Å². The van der Waals surface area contributed by atoms with Gasteiger partial charge in [-0.25, -0.2) is 17.4 Å². The van der Waals surface area contributed by atoms with Gasteiger partial charge in [-0.2, -0.15) is 0 Å². The number of benzene rings is 1. The van der Waals surface area contributed by atoms with E-state index < -0.39 is 15.8 Å². The molecule has 0 aliphatic heterocycles. The lowest BCUT2D eigenvalue weighted by Crippen LogP contribution is -2.14. The van der Waals surface area contributed by atoms with Crippen LogP contribution in [0.4, 0.5) is 10.2 Å². The molecular formula is C10H10FN3O4S.